The van der Waals surface area contributed by atoms with Crippen LogP contribution in [0.15, 0.2) is 4.99 Å². The fourth-order valence-electron chi connectivity index (χ4n) is 1.29. The Morgan fingerprint density at radius 3 is 3.00 bits per heavy atom. The second-order valence-corrected chi connectivity index (χ2v) is 5.33. The van der Waals surface area contributed by atoms with Crippen molar-refractivity contribution in [1.82, 2.24) is 10.3 Å². The Kier molecular flexibility index (Phi) is 3.97. The number of carbonyl (C=O) groups excluding carboxylic acids is 2. The van der Waals surface area contributed by atoms with Crippen LogP contribution in [0.2, 0.25) is 0 Å². The van der Waals surface area contributed by atoms with E-state index in [1.165, 1.54) is 11.8 Å². The Balaban J connectivity index is 2.18. The largest absolute Gasteiger partial charge is 0.462 e. The summed E-state index contributed by atoms with van der Waals surface area (Å²) in [5.74, 6) is -0.0896. The smallest absolute Gasteiger partial charge is 0.350 e. The van der Waals surface area contributed by atoms with Crippen molar-refractivity contribution in [1.29, 1.82) is 0 Å². The van der Waals surface area contributed by atoms with Crippen molar-refractivity contribution in [2.45, 2.75) is 13.8 Å². The number of hydrogen-bond donors (Lipinski definition) is 1. The average molecular weight is 285 g/mol. The van der Waals surface area contributed by atoms with E-state index in [9.17, 15) is 9.59 Å². The van der Waals surface area contributed by atoms with Gasteiger partial charge < -0.3 is 10.1 Å². The Morgan fingerprint density at radius 1 is 1.61 bits per heavy atom. The van der Waals surface area contributed by atoms with Crippen LogP contribution in [0.5, 0.6) is 0 Å². The molecule has 6 nitrogen and oxygen atoms in total. The van der Waals surface area contributed by atoms with Gasteiger partial charge in [-0.2, -0.15) is 4.99 Å². The summed E-state index contributed by atoms with van der Waals surface area (Å²) in [4.78, 5) is 31.4. The molecular formula is C10H11N3O3S2. The van der Waals surface area contributed by atoms with Crippen molar-refractivity contribution >= 4 is 45.3 Å². The van der Waals surface area contributed by atoms with Crippen LogP contribution in [-0.2, 0) is 9.53 Å². The number of aliphatic imine (C=N–C) groups is 1. The van der Waals surface area contributed by atoms with Gasteiger partial charge in [-0.1, -0.05) is 23.1 Å². The summed E-state index contributed by atoms with van der Waals surface area (Å²) in [6.45, 7) is 3.80. The molecule has 1 amide bonds. The summed E-state index contributed by atoms with van der Waals surface area (Å²) < 4.78 is 4.92. The molecule has 8 heteroatoms. The zero-order valence-corrected chi connectivity index (χ0v) is 11.5. The van der Waals surface area contributed by atoms with E-state index in [-0.39, 0.29) is 11.9 Å². The molecule has 1 aliphatic heterocycles. The molecule has 0 atom stereocenters. The zero-order valence-electron chi connectivity index (χ0n) is 9.85. The Labute approximate surface area is 112 Å². The number of amides is 1. The monoisotopic (exact) mass is 285 g/mol. The number of thiazole rings is 1. The molecule has 2 heterocycles. The van der Waals surface area contributed by atoms with Crippen LogP contribution in [0.25, 0.3) is 0 Å². The second-order valence-electron chi connectivity index (χ2n) is 3.39. The molecule has 0 aromatic carbocycles. The third-order valence-electron chi connectivity index (χ3n) is 2.03. The predicted molar refractivity (Wildman–Crippen MR) is 70.5 cm³/mol. The summed E-state index contributed by atoms with van der Waals surface area (Å²) in [5.41, 5.74) is 0.590. The molecule has 0 radical (unpaired) electrons. The van der Waals surface area contributed by atoms with Crippen LogP contribution in [-0.4, -0.2) is 34.4 Å². The Bertz CT molecular complexity index is 524. The molecule has 0 spiro atoms. The highest BCUT2D eigenvalue weighted by molar-refractivity contribution is 8.15. The first-order valence-corrected chi connectivity index (χ1v) is 7.06. The maximum absolute atomic E-state index is 11.6. The van der Waals surface area contributed by atoms with Gasteiger partial charge in [-0.15, -0.1) is 0 Å². The molecule has 0 bridgehead atoms. The molecule has 1 saturated heterocycles. The lowest BCUT2D eigenvalue weighted by molar-refractivity contribution is -0.116. The molecule has 1 N–H and O–H groups in total. The molecule has 1 aliphatic rings. The molecule has 0 unspecified atom stereocenters. The summed E-state index contributed by atoms with van der Waals surface area (Å²) in [5, 5.41) is 3.57. The van der Waals surface area contributed by atoms with Gasteiger partial charge in [-0.25, -0.2) is 9.78 Å². The van der Waals surface area contributed by atoms with Crippen LogP contribution < -0.4 is 5.32 Å². The average Bonchev–Trinajstić information content (AvgIpc) is 2.86. The summed E-state index contributed by atoms with van der Waals surface area (Å²) in [7, 11) is 0. The number of esters is 1. The van der Waals surface area contributed by atoms with E-state index >= 15 is 0 Å². The number of aryl methyl sites for hydroxylation is 1. The highest BCUT2D eigenvalue weighted by Crippen LogP contribution is 2.27. The molecule has 18 heavy (non-hydrogen) atoms. The van der Waals surface area contributed by atoms with Crippen LogP contribution in [0.3, 0.4) is 0 Å². The first-order valence-electron chi connectivity index (χ1n) is 5.26. The molecule has 1 aromatic heterocycles. The highest BCUT2D eigenvalue weighted by Gasteiger charge is 2.19. The minimum absolute atomic E-state index is 0.0716. The van der Waals surface area contributed by atoms with Gasteiger partial charge in [0.2, 0.25) is 11.0 Å². The van der Waals surface area contributed by atoms with E-state index in [1.807, 2.05) is 0 Å². The van der Waals surface area contributed by atoms with Gasteiger partial charge in [0, 0.05) is 0 Å². The molecule has 1 aromatic rings. The summed E-state index contributed by atoms with van der Waals surface area (Å²) in [6.07, 6.45) is 0. The van der Waals surface area contributed by atoms with Crippen LogP contribution in [0.1, 0.15) is 22.3 Å². The van der Waals surface area contributed by atoms with E-state index in [4.69, 9.17) is 4.74 Å². The van der Waals surface area contributed by atoms with Gasteiger partial charge in [0.05, 0.1) is 18.1 Å². The minimum Gasteiger partial charge on any atom is -0.462 e. The summed E-state index contributed by atoms with van der Waals surface area (Å²) >= 11 is 2.48. The van der Waals surface area contributed by atoms with E-state index < -0.39 is 0 Å². The molecule has 0 aliphatic carbocycles. The first-order chi connectivity index (χ1) is 8.60. The fourth-order valence-corrected chi connectivity index (χ4v) is 2.86. The number of thioether (sulfide) groups is 1. The normalized spacial score (nSPS) is 17.0. The Hall–Kier alpha value is -1.41. The lowest BCUT2D eigenvalue weighted by Crippen LogP contribution is -2.19. The molecule has 0 saturated carbocycles. The van der Waals surface area contributed by atoms with E-state index in [0.717, 1.165) is 11.3 Å². The maximum atomic E-state index is 11.6. The quantitative estimate of drug-likeness (QED) is 0.851. The van der Waals surface area contributed by atoms with Crippen molar-refractivity contribution in [3.63, 3.8) is 0 Å². The topological polar surface area (TPSA) is 80.6 Å². The third kappa shape index (κ3) is 2.88. The lowest BCUT2D eigenvalue weighted by atomic mass is 10.4. The van der Waals surface area contributed by atoms with E-state index in [1.54, 1.807) is 13.8 Å². The van der Waals surface area contributed by atoms with Crippen molar-refractivity contribution in [2.75, 3.05) is 12.4 Å². The minimum atomic E-state index is -0.387. The number of nitrogens with zero attached hydrogens (tertiary/aromatic N) is 2. The number of amidine groups is 1. The number of rotatable bonds is 3. The van der Waals surface area contributed by atoms with Gasteiger partial charge in [0.25, 0.3) is 0 Å². The van der Waals surface area contributed by atoms with Gasteiger partial charge >= 0.3 is 5.97 Å². The number of nitrogens with one attached hydrogen (secondary N) is 1. The maximum Gasteiger partial charge on any atom is 0.350 e. The van der Waals surface area contributed by atoms with Gasteiger partial charge in [-0.3, -0.25) is 4.79 Å². The van der Waals surface area contributed by atoms with Gasteiger partial charge in [0.15, 0.2) is 5.17 Å². The lowest BCUT2D eigenvalue weighted by Gasteiger charge is -1.97. The fraction of sp³-hybridized carbons (Fsp3) is 0.400. The van der Waals surface area contributed by atoms with E-state index in [0.29, 0.717) is 33.2 Å². The van der Waals surface area contributed by atoms with Crippen LogP contribution in [0, 0.1) is 6.92 Å². The van der Waals surface area contributed by atoms with Crippen molar-refractivity contribution < 1.29 is 14.3 Å². The number of carbonyl (C=O) groups is 2. The van der Waals surface area contributed by atoms with Crippen molar-refractivity contribution in [2.24, 2.45) is 4.99 Å². The zero-order chi connectivity index (χ0) is 13.1. The van der Waals surface area contributed by atoms with Crippen LogP contribution in [0.4, 0.5) is 5.13 Å². The van der Waals surface area contributed by atoms with Gasteiger partial charge in [0.1, 0.15) is 4.88 Å². The SMILES string of the molecule is CCOC(=O)c1sc(N=C2NC(=O)CS2)nc1C. The molecule has 96 valence electrons. The second kappa shape index (κ2) is 5.49. The van der Waals surface area contributed by atoms with Crippen LogP contribution >= 0.6 is 23.1 Å². The number of ether oxygens (including phenoxy) is 1. The number of hydrogen-bond acceptors (Lipinski definition) is 7. The predicted octanol–water partition coefficient (Wildman–Crippen LogP) is 1.48. The van der Waals surface area contributed by atoms with Gasteiger partial charge in [-0.05, 0) is 13.8 Å². The first kappa shape index (κ1) is 13.0. The molecule has 1 fully saturated rings. The van der Waals surface area contributed by atoms with E-state index in [2.05, 4.69) is 15.3 Å². The molecular weight excluding hydrogens is 274 g/mol. The highest BCUT2D eigenvalue weighted by atomic mass is 32.2. The van der Waals surface area contributed by atoms with Crippen molar-refractivity contribution in [3.05, 3.63) is 10.6 Å². The number of aromatic nitrogens is 1. The summed E-state index contributed by atoms with van der Waals surface area (Å²) in [6, 6.07) is 0. The Morgan fingerprint density at radius 2 is 2.39 bits per heavy atom. The third-order valence-corrected chi connectivity index (χ3v) is 3.93. The molecule has 2 rings (SSSR count). The van der Waals surface area contributed by atoms with Crippen molar-refractivity contribution in [3.8, 4) is 0 Å². The standard InChI is InChI=1S/C10H11N3O3S2/c1-3-16-8(15)7-5(2)11-10(18-7)13-9-12-6(14)4-17-9/h3-4H2,1-2H3,(H,11,12,13,14).